The lowest BCUT2D eigenvalue weighted by Crippen LogP contribution is -2.48. The van der Waals surface area contributed by atoms with Gasteiger partial charge < -0.3 is 5.73 Å². The number of rotatable bonds is 2. The van der Waals surface area contributed by atoms with Gasteiger partial charge in [-0.2, -0.15) is 0 Å². The Morgan fingerprint density at radius 2 is 1.93 bits per heavy atom. The van der Waals surface area contributed by atoms with Gasteiger partial charge in [-0.25, -0.2) is 0 Å². The van der Waals surface area contributed by atoms with Crippen molar-refractivity contribution in [1.82, 2.24) is 15.8 Å². The van der Waals surface area contributed by atoms with Crippen molar-refractivity contribution in [3.8, 4) is 0 Å². The molecule has 1 aliphatic rings. The van der Waals surface area contributed by atoms with Crippen LogP contribution >= 0.6 is 0 Å². The van der Waals surface area contributed by atoms with Gasteiger partial charge in [0, 0.05) is 26.1 Å². The van der Waals surface area contributed by atoms with Crippen LogP contribution in [-0.2, 0) is 9.59 Å². The highest BCUT2D eigenvalue weighted by molar-refractivity contribution is 5.81. The number of carbonyl (C=O) groups excluding carboxylic acids is 2. The first-order valence-corrected chi connectivity index (χ1v) is 5.11. The highest BCUT2D eigenvalue weighted by Gasteiger charge is 2.17. The number of nitrogens with one attached hydrogen (secondary N) is 2. The lowest BCUT2D eigenvalue weighted by Gasteiger charge is -2.29. The molecule has 0 aromatic carbocycles. The molecule has 6 heteroatoms. The van der Waals surface area contributed by atoms with Gasteiger partial charge in [0.1, 0.15) is 0 Å². The van der Waals surface area contributed by atoms with Crippen molar-refractivity contribution in [2.24, 2.45) is 5.73 Å². The zero-order chi connectivity index (χ0) is 11.3. The molecule has 6 nitrogen and oxygen atoms in total. The van der Waals surface area contributed by atoms with E-state index < -0.39 is 0 Å². The third kappa shape index (κ3) is 4.75. The zero-order valence-electron chi connectivity index (χ0n) is 8.95. The van der Waals surface area contributed by atoms with Crippen molar-refractivity contribution in [3.05, 3.63) is 0 Å². The molecule has 0 spiro atoms. The molecule has 1 saturated heterocycles. The maximum absolute atomic E-state index is 11.3. The standard InChI is InChI=1S/C9H18N4O2/c1-7(14)11-12-9(15)6-13-4-2-8(10)3-5-13/h8H,2-6,10H2,1H3,(H,11,14)(H,12,15). The fourth-order valence-corrected chi connectivity index (χ4v) is 1.51. The Hall–Kier alpha value is -1.14. The molecule has 0 aromatic heterocycles. The number of hydrazine groups is 1. The molecule has 1 rings (SSSR count). The second-order valence-electron chi connectivity index (χ2n) is 3.84. The third-order valence-electron chi connectivity index (χ3n) is 2.38. The van der Waals surface area contributed by atoms with Gasteiger partial charge in [-0.15, -0.1) is 0 Å². The second kappa shape index (κ2) is 5.67. The molecule has 0 radical (unpaired) electrons. The Kier molecular flexibility index (Phi) is 4.51. The Morgan fingerprint density at radius 3 is 2.47 bits per heavy atom. The molecule has 4 N–H and O–H groups in total. The average Bonchev–Trinajstić information content (AvgIpc) is 2.19. The van der Waals surface area contributed by atoms with Crippen molar-refractivity contribution in [3.63, 3.8) is 0 Å². The van der Waals surface area contributed by atoms with Crippen molar-refractivity contribution in [1.29, 1.82) is 0 Å². The van der Waals surface area contributed by atoms with E-state index >= 15 is 0 Å². The summed E-state index contributed by atoms with van der Waals surface area (Å²) in [6.07, 6.45) is 1.85. The number of nitrogens with two attached hydrogens (primary N) is 1. The van der Waals surface area contributed by atoms with Crippen LogP contribution in [0.3, 0.4) is 0 Å². The summed E-state index contributed by atoms with van der Waals surface area (Å²) in [6, 6.07) is 0.264. The summed E-state index contributed by atoms with van der Waals surface area (Å²) in [5.41, 5.74) is 10.3. The molecule has 0 bridgehead atoms. The van der Waals surface area contributed by atoms with Gasteiger partial charge in [-0.1, -0.05) is 0 Å². The molecule has 0 aliphatic carbocycles. The smallest absolute Gasteiger partial charge is 0.252 e. The predicted molar refractivity (Wildman–Crippen MR) is 55.6 cm³/mol. The number of carbonyl (C=O) groups is 2. The summed E-state index contributed by atoms with van der Waals surface area (Å²) in [5, 5.41) is 0. The molecule has 1 heterocycles. The minimum Gasteiger partial charge on any atom is -0.328 e. The topological polar surface area (TPSA) is 87.5 Å². The van der Waals surface area contributed by atoms with Gasteiger partial charge in [0.15, 0.2) is 0 Å². The predicted octanol–water partition coefficient (Wildman–Crippen LogP) is -1.42. The number of hydrogen-bond donors (Lipinski definition) is 3. The molecular formula is C9H18N4O2. The van der Waals surface area contributed by atoms with Crippen LogP contribution in [0, 0.1) is 0 Å². The quantitative estimate of drug-likeness (QED) is 0.492. The van der Waals surface area contributed by atoms with Gasteiger partial charge in [0.2, 0.25) is 5.91 Å². The molecule has 15 heavy (non-hydrogen) atoms. The summed E-state index contributed by atoms with van der Waals surface area (Å²) in [5.74, 6) is -0.468. The first-order valence-electron chi connectivity index (χ1n) is 5.11. The van der Waals surface area contributed by atoms with Gasteiger partial charge in [-0.05, 0) is 12.8 Å². The Bertz CT molecular complexity index is 236. The van der Waals surface area contributed by atoms with Crippen LogP contribution in [0.1, 0.15) is 19.8 Å². The summed E-state index contributed by atoms with van der Waals surface area (Å²) in [4.78, 5) is 23.9. The van der Waals surface area contributed by atoms with E-state index in [0.717, 1.165) is 25.9 Å². The van der Waals surface area contributed by atoms with Gasteiger partial charge >= 0.3 is 0 Å². The molecule has 1 aliphatic heterocycles. The Balaban J connectivity index is 2.17. The number of amides is 2. The van der Waals surface area contributed by atoms with E-state index in [0.29, 0.717) is 6.54 Å². The van der Waals surface area contributed by atoms with Crippen LogP contribution in [0.25, 0.3) is 0 Å². The maximum Gasteiger partial charge on any atom is 0.252 e. The highest BCUT2D eigenvalue weighted by atomic mass is 16.2. The Morgan fingerprint density at radius 1 is 1.33 bits per heavy atom. The average molecular weight is 214 g/mol. The Labute approximate surface area is 89.1 Å². The highest BCUT2D eigenvalue weighted by Crippen LogP contribution is 2.06. The summed E-state index contributed by atoms with van der Waals surface area (Å²) in [6.45, 7) is 3.34. The first kappa shape index (κ1) is 11.9. The monoisotopic (exact) mass is 214 g/mol. The summed E-state index contributed by atoms with van der Waals surface area (Å²) in [7, 11) is 0. The molecular weight excluding hydrogens is 196 g/mol. The third-order valence-corrected chi connectivity index (χ3v) is 2.38. The van der Waals surface area contributed by atoms with Crippen molar-refractivity contribution in [2.75, 3.05) is 19.6 Å². The van der Waals surface area contributed by atoms with Crippen LogP contribution < -0.4 is 16.6 Å². The van der Waals surface area contributed by atoms with Crippen LogP contribution in [0.2, 0.25) is 0 Å². The molecule has 0 atom stereocenters. The van der Waals surface area contributed by atoms with E-state index in [1.807, 2.05) is 4.90 Å². The van der Waals surface area contributed by atoms with Crippen molar-refractivity contribution >= 4 is 11.8 Å². The summed E-state index contributed by atoms with van der Waals surface area (Å²) < 4.78 is 0. The first-order chi connectivity index (χ1) is 7.08. The molecule has 86 valence electrons. The molecule has 1 fully saturated rings. The molecule has 2 amide bonds. The fraction of sp³-hybridized carbons (Fsp3) is 0.778. The lowest BCUT2D eigenvalue weighted by atomic mass is 10.1. The number of likely N-dealkylation sites (tertiary alicyclic amines) is 1. The molecule has 0 aromatic rings. The van der Waals surface area contributed by atoms with Gasteiger partial charge in [0.25, 0.3) is 5.91 Å². The number of piperidine rings is 1. The minimum absolute atomic E-state index is 0.194. The second-order valence-corrected chi connectivity index (χ2v) is 3.84. The van der Waals surface area contributed by atoms with Crippen LogP contribution in [0.4, 0.5) is 0 Å². The lowest BCUT2D eigenvalue weighted by molar-refractivity contribution is -0.128. The van der Waals surface area contributed by atoms with E-state index in [2.05, 4.69) is 10.9 Å². The minimum atomic E-state index is -0.274. The number of nitrogens with zero attached hydrogens (tertiary/aromatic N) is 1. The summed E-state index contributed by atoms with van der Waals surface area (Å²) >= 11 is 0. The van der Waals surface area contributed by atoms with Gasteiger partial charge in [-0.3, -0.25) is 25.3 Å². The van der Waals surface area contributed by atoms with Crippen LogP contribution in [-0.4, -0.2) is 42.4 Å². The zero-order valence-corrected chi connectivity index (χ0v) is 8.95. The van der Waals surface area contributed by atoms with E-state index in [-0.39, 0.29) is 17.9 Å². The van der Waals surface area contributed by atoms with E-state index in [1.165, 1.54) is 6.92 Å². The van der Waals surface area contributed by atoms with Crippen molar-refractivity contribution < 1.29 is 9.59 Å². The van der Waals surface area contributed by atoms with Crippen molar-refractivity contribution in [2.45, 2.75) is 25.8 Å². The maximum atomic E-state index is 11.3. The van der Waals surface area contributed by atoms with E-state index in [4.69, 9.17) is 5.73 Å². The SMILES string of the molecule is CC(=O)NNC(=O)CN1CCC(N)CC1. The number of hydrogen-bond acceptors (Lipinski definition) is 4. The van der Waals surface area contributed by atoms with Gasteiger partial charge in [0.05, 0.1) is 6.54 Å². The fourth-order valence-electron chi connectivity index (χ4n) is 1.51. The van der Waals surface area contributed by atoms with E-state index in [1.54, 1.807) is 0 Å². The van der Waals surface area contributed by atoms with E-state index in [9.17, 15) is 9.59 Å². The largest absolute Gasteiger partial charge is 0.328 e. The normalized spacial score (nSPS) is 18.5. The molecule has 0 saturated carbocycles. The van der Waals surface area contributed by atoms with Crippen LogP contribution in [0.15, 0.2) is 0 Å². The van der Waals surface area contributed by atoms with Crippen LogP contribution in [0.5, 0.6) is 0 Å². The molecule has 0 unspecified atom stereocenters.